The van der Waals surface area contributed by atoms with Crippen molar-refractivity contribution < 1.29 is 19.7 Å². The van der Waals surface area contributed by atoms with Crippen molar-refractivity contribution in [3.63, 3.8) is 0 Å². The molecule has 0 unspecified atom stereocenters. The van der Waals surface area contributed by atoms with Crippen LogP contribution >= 0.6 is 0 Å². The first-order chi connectivity index (χ1) is 8.77. The van der Waals surface area contributed by atoms with Gasteiger partial charge in [-0.05, 0) is 30.7 Å². The zero-order valence-corrected chi connectivity index (χ0v) is 10.7. The van der Waals surface area contributed by atoms with Gasteiger partial charge in [0.25, 0.3) is 0 Å². The van der Waals surface area contributed by atoms with Gasteiger partial charge in [-0.1, -0.05) is 6.07 Å². The van der Waals surface area contributed by atoms with Gasteiger partial charge in [0.2, 0.25) is 0 Å². The molecule has 0 aliphatic carbocycles. The molecule has 1 aromatic carbocycles. The van der Waals surface area contributed by atoms with Crippen LogP contribution in [0.2, 0.25) is 0 Å². The maximum Gasteiger partial charge on any atom is 0.160 e. The van der Waals surface area contributed by atoms with E-state index >= 15 is 0 Å². The van der Waals surface area contributed by atoms with Crippen LogP contribution in [0.25, 0.3) is 0 Å². The smallest absolute Gasteiger partial charge is 0.160 e. The van der Waals surface area contributed by atoms with E-state index in [1.165, 1.54) is 7.11 Å². The number of ether oxygens (including phenoxy) is 2. The molecule has 102 valence electrons. The van der Waals surface area contributed by atoms with Gasteiger partial charge in [0, 0.05) is 13.2 Å². The van der Waals surface area contributed by atoms with Crippen LogP contribution in [0.3, 0.4) is 0 Å². The fraction of sp³-hybridized carbons (Fsp3) is 0.538. The van der Waals surface area contributed by atoms with Crippen LogP contribution in [0.4, 0.5) is 0 Å². The first kappa shape index (κ1) is 14.8. The van der Waals surface area contributed by atoms with E-state index in [1.807, 2.05) is 12.1 Å². The van der Waals surface area contributed by atoms with Gasteiger partial charge in [0.1, 0.15) is 0 Å². The van der Waals surface area contributed by atoms with Crippen molar-refractivity contribution >= 4 is 0 Å². The average Bonchev–Trinajstić information content (AvgIpc) is 2.39. The number of benzene rings is 1. The maximum absolute atomic E-state index is 9.44. The van der Waals surface area contributed by atoms with Crippen LogP contribution < -0.4 is 10.1 Å². The molecule has 0 saturated heterocycles. The Morgan fingerprint density at radius 2 is 2.11 bits per heavy atom. The number of methoxy groups -OCH3 is 1. The summed E-state index contributed by atoms with van der Waals surface area (Å²) in [6, 6.07) is 5.29. The molecule has 0 saturated carbocycles. The first-order valence-corrected chi connectivity index (χ1v) is 6.03. The van der Waals surface area contributed by atoms with Crippen molar-refractivity contribution in [3.05, 3.63) is 23.8 Å². The van der Waals surface area contributed by atoms with E-state index in [4.69, 9.17) is 14.6 Å². The summed E-state index contributed by atoms with van der Waals surface area (Å²) >= 11 is 0. The molecule has 0 fully saturated rings. The Morgan fingerprint density at radius 3 is 2.83 bits per heavy atom. The zero-order chi connectivity index (χ0) is 13.2. The molecule has 18 heavy (non-hydrogen) atoms. The Hall–Kier alpha value is -1.30. The monoisotopic (exact) mass is 255 g/mol. The number of rotatable bonds is 9. The molecule has 1 aromatic rings. The SMILES string of the molecule is COc1cc(CNCCCOCCO)ccc1O. The highest BCUT2D eigenvalue weighted by Crippen LogP contribution is 2.25. The van der Waals surface area contributed by atoms with E-state index in [-0.39, 0.29) is 12.4 Å². The number of aliphatic hydroxyl groups excluding tert-OH is 1. The van der Waals surface area contributed by atoms with Crippen LogP contribution in [0.1, 0.15) is 12.0 Å². The predicted molar refractivity (Wildman–Crippen MR) is 68.9 cm³/mol. The fourth-order valence-electron chi connectivity index (χ4n) is 1.53. The van der Waals surface area contributed by atoms with Crippen molar-refractivity contribution in [2.45, 2.75) is 13.0 Å². The highest BCUT2D eigenvalue weighted by Gasteiger charge is 2.01. The predicted octanol–water partition coefficient (Wildman–Crippen LogP) is 0.889. The van der Waals surface area contributed by atoms with Crippen molar-refractivity contribution in [2.75, 3.05) is 33.5 Å². The van der Waals surface area contributed by atoms with Crippen LogP contribution in [-0.2, 0) is 11.3 Å². The third-order valence-electron chi connectivity index (χ3n) is 2.45. The van der Waals surface area contributed by atoms with Crippen LogP contribution in [0.5, 0.6) is 11.5 Å². The van der Waals surface area contributed by atoms with E-state index < -0.39 is 0 Å². The quantitative estimate of drug-likeness (QED) is 0.572. The number of hydrogen-bond donors (Lipinski definition) is 3. The molecular weight excluding hydrogens is 234 g/mol. The lowest BCUT2D eigenvalue weighted by molar-refractivity contribution is 0.0907. The lowest BCUT2D eigenvalue weighted by Crippen LogP contribution is -2.16. The van der Waals surface area contributed by atoms with Gasteiger partial charge in [-0.2, -0.15) is 0 Å². The summed E-state index contributed by atoms with van der Waals surface area (Å²) in [5.41, 5.74) is 1.06. The number of phenols is 1. The highest BCUT2D eigenvalue weighted by molar-refractivity contribution is 5.41. The lowest BCUT2D eigenvalue weighted by Gasteiger charge is -2.08. The number of nitrogens with one attached hydrogen (secondary N) is 1. The second-order valence-corrected chi connectivity index (χ2v) is 3.87. The van der Waals surface area contributed by atoms with E-state index in [1.54, 1.807) is 6.07 Å². The minimum absolute atomic E-state index is 0.0702. The Labute approximate surface area is 107 Å². The molecule has 0 aromatic heterocycles. The summed E-state index contributed by atoms with van der Waals surface area (Å²) in [5.74, 6) is 0.638. The molecule has 0 aliphatic rings. The molecule has 3 N–H and O–H groups in total. The summed E-state index contributed by atoms with van der Waals surface area (Å²) in [6.07, 6.45) is 0.898. The van der Waals surface area contributed by atoms with Crippen molar-refractivity contribution in [1.82, 2.24) is 5.32 Å². The van der Waals surface area contributed by atoms with E-state index in [0.29, 0.717) is 19.0 Å². The van der Waals surface area contributed by atoms with Crippen LogP contribution in [0.15, 0.2) is 18.2 Å². The van der Waals surface area contributed by atoms with Gasteiger partial charge in [-0.3, -0.25) is 0 Å². The molecule has 0 bridgehead atoms. The molecule has 5 nitrogen and oxygen atoms in total. The van der Waals surface area contributed by atoms with E-state index in [9.17, 15) is 5.11 Å². The Kier molecular flexibility index (Phi) is 7.17. The van der Waals surface area contributed by atoms with Gasteiger partial charge < -0.3 is 25.0 Å². The van der Waals surface area contributed by atoms with Crippen LogP contribution in [-0.4, -0.2) is 43.7 Å². The maximum atomic E-state index is 9.44. The molecule has 0 heterocycles. The molecule has 0 aliphatic heterocycles. The summed E-state index contributed by atoms with van der Waals surface area (Å²) in [4.78, 5) is 0. The molecule has 0 amide bonds. The Bertz CT molecular complexity index is 344. The largest absolute Gasteiger partial charge is 0.504 e. The first-order valence-electron chi connectivity index (χ1n) is 6.03. The third kappa shape index (κ3) is 5.35. The minimum atomic E-state index is 0.0702. The summed E-state index contributed by atoms with van der Waals surface area (Å²) in [7, 11) is 1.53. The number of aromatic hydroxyl groups is 1. The topological polar surface area (TPSA) is 71.0 Å². The summed E-state index contributed by atoms with van der Waals surface area (Å²) in [5, 5.41) is 21.2. The van der Waals surface area contributed by atoms with Crippen molar-refractivity contribution in [3.8, 4) is 11.5 Å². The van der Waals surface area contributed by atoms with Crippen LogP contribution in [0, 0.1) is 0 Å². The molecule has 5 heteroatoms. The van der Waals surface area contributed by atoms with Crippen molar-refractivity contribution in [2.24, 2.45) is 0 Å². The van der Waals surface area contributed by atoms with Crippen molar-refractivity contribution in [1.29, 1.82) is 0 Å². The number of phenolic OH excluding ortho intramolecular Hbond substituents is 1. The van der Waals surface area contributed by atoms with Gasteiger partial charge in [-0.15, -0.1) is 0 Å². The molecule has 0 atom stereocenters. The Balaban J connectivity index is 2.19. The molecule has 0 radical (unpaired) electrons. The molecular formula is C13H21NO4. The lowest BCUT2D eigenvalue weighted by atomic mass is 10.2. The standard InChI is InChI=1S/C13H21NO4/c1-17-13-9-11(3-4-12(13)16)10-14-5-2-7-18-8-6-15/h3-4,9,14-16H,2,5-8,10H2,1H3. The normalized spacial score (nSPS) is 10.6. The fourth-order valence-corrected chi connectivity index (χ4v) is 1.53. The van der Waals surface area contributed by atoms with E-state index in [2.05, 4.69) is 5.32 Å². The second-order valence-electron chi connectivity index (χ2n) is 3.87. The van der Waals surface area contributed by atoms with Gasteiger partial charge >= 0.3 is 0 Å². The summed E-state index contributed by atoms with van der Waals surface area (Å²) in [6.45, 7) is 2.67. The highest BCUT2D eigenvalue weighted by atomic mass is 16.5. The average molecular weight is 255 g/mol. The number of hydrogen-bond acceptors (Lipinski definition) is 5. The minimum Gasteiger partial charge on any atom is -0.504 e. The molecule has 1 rings (SSSR count). The zero-order valence-electron chi connectivity index (χ0n) is 10.7. The molecule has 0 spiro atoms. The third-order valence-corrected chi connectivity index (χ3v) is 2.45. The van der Waals surface area contributed by atoms with Gasteiger partial charge in [-0.25, -0.2) is 0 Å². The summed E-state index contributed by atoms with van der Waals surface area (Å²) < 4.78 is 10.2. The number of aliphatic hydroxyl groups is 1. The second kappa shape index (κ2) is 8.74. The van der Waals surface area contributed by atoms with Gasteiger partial charge in [0.05, 0.1) is 20.3 Å². The Morgan fingerprint density at radius 1 is 1.28 bits per heavy atom. The van der Waals surface area contributed by atoms with E-state index in [0.717, 1.165) is 25.1 Å². The van der Waals surface area contributed by atoms with Gasteiger partial charge in [0.15, 0.2) is 11.5 Å².